The van der Waals surface area contributed by atoms with Crippen molar-refractivity contribution in [3.63, 3.8) is 0 Å². The highest BCUT2D eigenvalue weighted by Gasteiger charge is 2.19. The third-order valence-corrected chi connectivity index (χ3v) is 2.97. The minimum atomic E-state index is -3.22. The maximum absolute atomic E-state index is 10.8. The first-order chi connectivity index (χ1) is 5.01. The van der Waals surface area contributed by atoms with Crippen LogP contribution >= 0.6 is 0 Å². The fourth-order valence-corrected chi connectivity index (χ4v) is 2.27. The molecule has 0 bridgehead atoms. The molecule has 11 heavy (non-hydrogen) atoms. The molecule has 0 fully saturated rings. The zero-order valence-corrected chi connectivity index (χ0v) is 6.60. The van der Waals surface area contributed by atoms with Crippen LogP contribution in [-0.2, 0) is 14.6 Å². The minimum Gasteiger partial charge on any atom is -0.478 e. The van der Waals surface area contributed by atoms with Gasteiger partial charge < -0.3 is 5.11 Å². The van der Waals surface area contributed by atoms with Gasteiger partial charge in [0.15, 0.2) is 9.84 Å². The van der Waals surface area contributed by atoms with Crippen LogP contribution in [0.15, 0.2) is 11.0 Å². The maximum Gasteiger partial charge on any atom is 0.332 e. The van der Waals surface area contributed by atoms with Crippen molar-refractivity contribution < 1.29 is 18.3 Å². The van der Waals surface area contributed by atoms with E-state index in [4.69, 9.17) is 5.11 Å². The van der Waals surface area contributed by atoms with Crippen LogP contribution in [0.5, 0.6) is 0 Å². The summed E-state index contributed by atoms with van der Waals surface area (Å²) in [5.41, 5.74) is -0.00347. The molecule has 1 heterocycles. The summed E-state index contributed by atoms with van der Waals surface area (Å²) in [5.74, 6) is -1.06. The normalized spacial score (nSPS) is 22.4. The Labute approximate surface area is 64.4 Å². The lowest BCUT2D eigenvalue weighted by atomic mass is 10.2. The van der Waals surface area contributed by atoms with Crippen LogP contribution in [0, 0.1) is 0 Å². The molecule has 62 valence electrons. The van der Waals surface area contributed by atoms with Crippen molar-refractivity contribution in [2.24, 2.45) is 0 Å². The first kappa shape index (κ1) is 8.26. The smallest absolute Gasteiger partial charge is 0.332 e. The number of hydrogen-bond acceptors (Lipinski definition) is 3. The lowest BCUT2D eigenvalue weighted by Crippen LogP contribution is -2.13. The lowest BCUT2D eigenvalue weighted by Gasteiger charge is -2.08. The lowest BCUT2D eigenvalue weighted by molar-refractivity contribution is -0.132. The Bertz CT molecular complexity index is 299. The van der Waals surface area contributed by atoms with Gasteiger partial charge in [-0.05, 0) is 12.8 Å². The largest absolute Gasteiger partial charge is 0.478 e. The van der Waals surface area contributed by atoms with Crippen molar-refractivity contribution >= 4 is 15.8 Å². The molecule has 0 unspecified atom stereocenters. The van der Waals surface area contributed by atoms with Gasteiger partial charge in [-0.25, -0.2) is 13.2 Å². The molecule has 1 aliphatic heterocycles. The fraction of sp³-hybridized carbons (Fsp3) is 0.500. The maximum atomic E-state index is 10.8. The molecule has 0 radical (unpaired) electrons. The third-order valence-electron chi connectivity index (χ3n) is 1.47. The molecule has 1 N–H and O–H groups in total. The van der Waals surface area contributed by atoms with Crippen LogP contribution in [0.2, 0.25) is 0 Å². The fourth-order valence-electron chi connectivity index (χ4n) is 0.956. The Morgan fingerprint density at radius 2 is 2.18 bits per heavy atom. The minimum absolute atomic E-state index is 0.00347. The number of rotatable bonds is 1. The van der Waals surface area contributed by atoms with Gasteiger partial charge in [0.2, 0.25) is 0 Å². The molecule has 0 saturated heterocycles. The average Bonchev–Trinajstić information content (AvgIpc) is 1.85. The van der Waals surface area contributed by atoms with Crippen LogP contribution in [0.25, 0.3) is 0 Å². The summed E-state index contributed by atoms with van der Waals surface area (Å²) in [6.45, 7) is 0. The van der Waals surface area contributed by atoms with Gasteiger partial charge in [-0.1, -0.05) is 0 Å². The highest BCUT2D eigenvalue weighted by atomic mass is 32.2. The van der Waals surface area contributed by atoms with Crippen molar-refractivity contribution in [2.75, 3.05) is 5.75 Å². The summed E-state index contributed by atoms with van der Waals surface area (Å²) < 4.78 is 21.7. The van der Waals surface area contributed by atoms with Crippen LogP contribution < -0.4 is 0 Å². The van der Waals surface area contributed by atoms with Crippen molar-refractivity contribution in [1.82, 2.24) is 0 Å². The van der Waals surface area contributed by atoms with E-state index in [9.17, 15) is 13.2 Å². The molecule has 1 rings (SSSR count). The topological polar surface area (TPSA) is 71.4 Å². The van der Waals surface area contributed by atoms with E-state index >= 15 is 0 Å². The zero-order valence-electron chi connectivity index (χ0n) is 5.78. The predicted molar refractivity (Wildman–Crippen MR) is 38.7 cm³/mol. The Balaban J connectivity index is 3.00. The van der Waals surface area contributed by atoms with E-state index in [1.54, 1.807) is 0 Å². The second-order valence-corrected chi connectivity index (χ2v) is 4.39. The van der Waals surface area contributed by atoms with Gasteiger partial charge in [0.05, 0.1) is 5.75 Å². The van der Waals surface area contributed by atoms with E-state index in [2.05, 4.69) is 0 Å². The van der Waals surface area contributed by atoms with Gasteiger partial charge >= 0.3 is 5.97 Å². The third kappa shape index (κ3) is 2.04. The van der Waals surface area contributed by atoms with E-state index in [0.717, 1.165) is 5.41 Å². The SMILES string of the molecule is O=C(O)C1=CS(=O)(=O)CCC1. The molecule has 4 nitrogen and oxygen atoms in total. The summed E-state index contributed by atoms with van der Waals surface area (Å²) >= 11 is 0. The van der Waals surface area contributed by atoms with Gasteiger partial charge in [0, 0.05) is 11.0 Å². The molecule has 1 aliphatic rings. The van der Waals surface area contributed by atoms with Gasteiger partial charge in [-0.2, -0.15) is 0 Å². The van der Waals surface area contributed by atoms with Crippen LogP contribution in [0.4, 0.5) is 0 Å². The standard InChI is InChI=1S/C6H8O4S/c7-6(8)5-2-1-3-11(9,10)4-5/h4H,1-3H2,(H,7,8). The van der Waals surface area contributed by atoms with Crippen molar-refractivity contribution in [3.8, 4) is 0 Å². The van der Waals surface area contributed by atoms with Gasteiger partial charge in [0.1, 0.15) is 0 Å². The van der Waals surface area contributed by atoms with E-state index in [1.807, 2.05) is 0 Å². The van der Waals surface area contributed by atoms with E-state index in [-0.39, 0.29) is 11.3 Å². The Morgan fingerprint density at radius 1 is 1.55 bits per heavy atom. The van der Waals surface area contributed by atoms with Crippen LogP contribution in [0.1, 0.15) is 12.8 Å². The molecule has 0 aromatic rings. The monoisotopic (exact) mass is 176 g/mol. The summed E-state index contributed by atoms with van der Waals surface area (Å²) in [4.78, 5) is 10.3. The molecule has 0 spiro atoms. The number of carboxylic acids is 1. The average molecular weight is 176 g/mol. The second-order valence-electron chi connectivity index (χ2n) is 2.42. The Kier molecular flexibility index (Phi) is 1.99. The number of hydrogen-bond donors (Lipinski definition) is 1. The van der Waals surface area contributed by atoms with Gasteiger partial charge in [-0.3, -0.25) is 0 Å². The molecule has 0 atom stereocenters. The predicted octanol–water partition coefficient (Wildman–Crippen LogP) is 0.163. The highest BCUT2D eigenvalue weighted by molar-refractivity contribution is 7.94. The molecular formula is C6H8O4S. The molecule has 0 aromatic carbocycles. The Morgan fingerprint density at radius 3 is 2.55 bits per heavy atom. The molecule has 0 aliphatic carbocycles. The second kappa shape index (κ2) is 2.65. The van der Waals surface area contributed by atoms with E-state index < -0.39 is 15.8 Å². The first-order valence-corrected chi connectivity index (χ1v) is 4.89. The van der Waals surface area contributed by atoms with Crippen LogP contribution in [0.3, 0.4) is 0 Å². The molecule has 0 amide bonds. The molecule has 5 heteroatoms. The summed E-state index contributed by atoms with van der Waals surface area (Å²) in [6.07, 6.45) is 0.773. The molecule has 0 saturated carbocycles. The first-order valence-electron chi connectivity index (χ1n) is 3.18. The summed E-state index contributed by atoms with van der Waals surface area (Å²) in [5, 5.41) is 9.30. The van der Waals surface area contributed by atoms with Crippen molar-refractivity contribution in [2.45, 2.75) is 12.8 Å². The molecule has 0 aromatic heterocycles. The van der Waals surface area contributed by atoms with Gasteiger partial charge in [-0.15, -0.1) is 0 Å². The van der Waals surface area contributed by atoms with E-state index in [1.165, 1.54) is 0 Å². The van der Waals surface area contributed by atoms with Crippen LogP contribution in [-0.4, -0.2) is 25.2 Å². The van der Waals surface area contributed by atoms with E-state index in [0.29, 0.717) is 12.8 Å². The Hall–Kier alpha value is -0.840. The number of carbonyl (C=O) groups is 1. The summed E-state index contributed by atoms with van der Waals surface area (Å²) in [7, 11) is -3.22. The number of carboxylic acid groups (broad SMARTS) is 1. The van der Waals surface area contributed by atoms with Gasteiger partial charge in [0.25, 0.3) is 0 Å². The molecular weight excluding hydrogens is 168 g/mol. The zero-order chi connectivity index (χ0) is 8.48. The number of sulfone groups is 1. The van der Waals surface area contributed by atoms with Crippen molar-refractivity contribution in [3.05, 3.63) is 11.0 Å². The summed E-state index contributed by atoms with van der Waals surface area (Å²) in [6, 6.07) is 0. The van der Waals surface area contributed by atoms with Crippen molar-refractivity contribution in [1.29, 1.82) is 0 Å². The highest BCUT2D eigenvalue weighted by Crippen LogP contribution is 2.16. The quantitative estimate of drug-likeness (QED) is 0.618. The number of aliphatic carboxylic acids is 1.